The van der Waals surface area contributed by atoms with Crippen LogP contribution in [-0.4, -0.2) is 5.97 Å². The molecule has 0 fully saturated rings. The van der Waals surface area contributed by atoms with Gasteiger partial charge in [-0.1, -0.05) is 56.7 Å². The lowest BCUT2D eigenvalue weighted by Crippen LogP contribution is -2.29. The molecular formula is C22H25FO2. The largest absolute Gasteiger partial charge is 0.423 e. The topological polar surface area (TPSA) is 26.3 Å². The number of esters is 1. The van der Waals surface area contributed by atoms with Gasteiger partial charge in [0.2, 0.25) is 0 Å². The number of aryl methyl sites for hydroxylation is 3. The highest BCUT2D eigenvalue weighted by molar-refractivity contribution is 5.78. The lowest BCUT2D eigenvalue weighted by Gasteiger charge is -2.24. The smallest absolute Gasteiger partial charge is 0.314 e. The van der Waals surface area contributed by atoms with Crippen molar-refractivity contribution >= 4 is 5.97 Å². The van der Waals surface area contributed by atoms with Gasteiger partial charge < -0.3 is 4.74 Å². The van der Waals surface area contributed by atoms with E-state index in [0.29, 0.717) is 18.4 Å². The number of halogens is 1. The van der Waals surface area contributed by atoms with Gasteiger partial charge in [0.15, 0.2) is 11.6 Å². The molecular weight excluding hydrogens is 315 g/mol. The van der Waals surface area contributed by atoms with Crippen LogP contribution in [0.3, 0.4) is 0 Å². The number of carbonyl (C=O) groups excluding carboxylic acids is 1. The second-order valence-electron chi connectivity index (χ2n) is 6.81. The molecule has 2 nitrogen and oxygen atoms in total. The Labute approximate surface area is 149 Å². The Bertz CT molecular complexity index is 749. The van der Waals surface area contributed by atoms with E-state index in [1.54, 1.807) is 0 Å². The van der Waals surface area contributed by atoms with E-state index in [-0.39, 0.29) is 23.5 Å². The molecule has 0 amide bonds. The molecule has 0 N–H and O–H groups in total. The molecule has 3 heteroatoms. The molecule has 0 bridgehead atoms. The van der Waals surface area contributed by atoms with E-state index < -0.39 is 0 Å². The quantitative estimate of drug-likeness (QED) is 0.543. The summed E-state index contributed by atoms with van der Waals surface area (Å²) in [4.78, 5) is 12.3. The van der Waals surface area contributed by atoms with Crippen molar-refractivity contribution in [1.82, 2.24) is 0 Å². The lowest BCUT2D eigenvalue weighted by molar-refractivity contribution is -0.140. The normalized spacial score (nSPS) is 16.4. The summed E-state index contributed by atoms with van der Waals surface area (Å²) in [6.45, 7) is 4.14. The van der Waals surface area contributed by atoms with Gasteiger partial charge in [0, 0.05) is 0 Å². The van der Waals surface area contributed by atoms with Crippen LogP contribution in [0.15, 0.2) is 36.4 Å². The van der Waals surface area contributed by atoms with Gasteiger partial charge in [0.1, 0.15) is 0 Å². The fourth-order valence-corrected chi connectivity index (χ4v) is 3.41. The van der Waals surface area contributed by atoms with Crippen molar-refractivity contribution in [3.63, 3.8) is 0 Å². The van der Waals surface area contributed by atoms with Crippen LogP contribution in [0.5, 0.6) is 5.75 Å². The van der Waals surface area contributed by atoms with Crippen LogP contribution in [0.2, 0.25) is 0 Å². The maximum atomic E-state index is 14.5. The van der Waals surface area contributed by atoms with E-state index >= 15 is 0 Å². The molecule has 1 aliphatic rings. The third-order valence-corrected chi connectivity index (χ3v) is 4.99. The number of ether oxygens (including phenoxy) is 1. The summed E-state index contributed by atoms with van der Waals surface area (Å²) in [5, 5.41) is 0. The summed E-state index contributed by atoms with van der Waals surface area (Å²) in [7, 11) is 0. The molecule has 1 atom stereocenters. The van der Waals surface area contributed by atoms with E-state index in [1.807, 2.05) is 19.1 Å². The summed E-state index contributed by atoms with van der Waals surface area (Å²) in [5.41, 5.74) is 3.97. The van der Waals surface area contributed by atoms with Crippen molar-refractivity contribution in [2.24, 2.45) is 5.92 Å². The molecule has 0 saturated carbocycles. The van der Waals surface area contributed by atoms with E-state index in [2.05, 4.69) is 31.2 Å². The molecule has 1 unspecified atom stereocenters. The van der Waals surface area contributed by atoms with Gasteiger partial charge in [-0.25, -0.2) is 4.39 Å². The molecule has 0 aliphatic carbocycles. The number of fused-ring (bicyclic) bond motifs is 1. The lowest BCUT2D eigenvalue weighted by atomic mass is 9.89. The monoisotopic (exact) mass is 340 g/mol. The first kappa shape index (κ1) is 17.7. The first-order chi connectivity index (χ1) is 12.1. The van der Waals surface area contributed by atoms with Gasteiger partial charge in [-0.2, -0.15) is 0 Å². The number of benzene rings is 2. The van der Waals surface area contributed by atoms with Gasteiger partial charge in [0.25, 0.3) is 0 Å². The molecule has 2 aromatic carbocycles. The van der Waals surface area contributed by atoms with Gasteiger partial charge >= 0.3 is 5.97 Å². The Morgan fingerprint density at radius 2 is 1.76 bits per heavy atom. The van der Waals surface area contributed by atoms with Crippen molar-refractivity contribution in [3.05, 3.63) is 64.5 Å². The van der Waals surface area contributed by atoms with E-state index in [1.165, 1.54) is 11.1 Å². The molecule has 132 valence electrons. The molecule has 1 aliphatic heterocycles. The van der Waals surface area contributed by atoms with Crippen LogP contribution >= 0.6 is 0 Å². The van der Waals surface area contributed by atoms with Crippen molar-refractivity contribution < 1.29 is 13.9 Å². The molecule has 1 heterocycles. The predicted molar refractivity (Wildman–Crippen MR) is 97.4 cm³/mol. The number of carbonyl (C=O) groups is 1. The number of rotatable bonds is 6. The molecule has 0 aromatic heterocycles. The third kappa shape index (κ3) is 3.92. The van der Waals surface area contributed by atoms with Crippen LogP contribution < -0.4 is 4.74 Å². The van der Waals surface area contributed by atoms with Crippen LogP contribution in [0.4, 0.5) is 4.39 Å². The molecule has 3 rings (SSSR count). The molecule has 0 spiro atoms. The maximum Gasteiger partial charge on any atom is 0.314 e. The molecule has 25 heavy (non-hydrogen) atoms. The highest BCUT2D eigenvalue weighted by Gasteiger charge is 2.30. The number of hydrogen-bond donors (Lipinski definition) is 0. The predicted octanol–water partition coefficient (Wildman–Crippen LogP) is 5.05. The Balaban J connectivity index is 1.69. The van der Waals surface area contributed by atoms with Gasteiger partial charge in [-0.05, 0) is 54.4 Å². The highest BCUT2D eigenvalue weighted by Crippen LogP contribution is 2.34. The standard InChI is InChI=1S/C22H25FO2/c1-3-5-17-12-13-18-14-19(22(24)25-21(18)20(17)23)11-10-16-8-6-15(4-2)7-9-16/h6-9,12-13,19H,3-5,10-11,14H2,1-2H3. The minimum Gasteiger partial charge on any atom is -0.423 e. The minimum absolute atomic E-state index is 0.152. The first-order valence-corrected chi connectivity index (χ1v) is 9.22. The van der Waals surface area contributed by atoms with Crippen molar-refractivity contribution in [2.75, 3.05) is 0 Å². The molecule has 0 radical (unpaired) electrons. The second kappa shape index (κ2) is 7.81. The Morgan fingerprint density at radius 1 is 1.04 bits per heavy atom. The summed E-state index contributed by atoms with van der Waals surface area (Å²) < 4.78 is 19.9. The fourth-order valence-electron chi connectivity index (χ4n) is 3.41. The van der Waals surface area contributed by atoms with Gasteiger partial charge in [-0.3, -0.25) is 4.79 Å². The SMILES string of the molecule is CCCc1ccc2c(c1F)OC(=O)C(CCc1ccc(CC)cc1)C2. The van der Waals surface area contributed by atoms with Crippen molar-refractivity contribution in [2.45, 2.75) is 52.4 Å². The Hall–Kier alpha value is -2.16. The second-order valence-corrected chi connectivity index (χ2v) is 6.81. The third-order valence-electron chi connectivity index (χ3n) is 4.99. The molecule has 2 aromatic rings. The fraction of sp³-hybridized carbons (Fsp3) is 0.409. The van der Waals surface area contributed by atoms with E-state index in [9.17, 15) is 9.18 Å². The van der Waals surface area contributed by atoms with Crippen LogP contribution in [0.1, 0.15) is 48.9 Å². The summed E-state index contributed by atoms with van der Waals surface area (Å²) in [5.74, 6) is -0.708. The zero-order valence-electron chi connectivity index (χ0n) is 15.0. The van der Waals surface area contributed by atoms with Gasteiger partial charge in [-0.15, -0.1) is 0 Å². The average molecular weight is 340 g/mol. The van der Waals surface area contributed by atoms with Crippen LogP contribution in [-0.2, 0) is 30.5 Å². The average Bonchev–Trinajstić information content (AvgIpc) is 2.63. The number of hydrogen-bond acceptors (Lipinski definition) is 2. The summed E-state index contributed by atoms with van der Waals surface area (Å²) >= 11 is 0. The summed E-state index contributed by atoms with van der Waals surface area (Å²) in [6, 6.07) is 12.3. The Kier molecular flexibility index (Phi) is 5.52. The van der Waals surface area contributed by atoms with Crippen molar-refractivity contribution in [3.8, 4) is 5.75 Å². The molecule has 0 saturated heterocycles. The summed E-state index contributed by atoms with van der Waals surface area (Å²) in [6.07, 6.45) is 4.66. The highest BCUT2D eigenvalue weighted by atomic mass is 19.1. The first-order valence-electron chi connectivity index (χ1n) is 9.22. The van der Waals surface area contributed by atoms with Crippen LogP contribution in [0.25, 0.3) is 0 Å². The Morgan fingerprint density at radius 3 is 2.44 bits per heavy atom. The van der Waals surface area contributed by atoms with Gasteiger partial charge in [0.05, 0.1) is 5.92 Å². The zero-order valence-corrected chi connectivity index (χ0v) is 15.0. The zero-order chi connectivity index (χ0) is 17.8. The van der Waals surface area contributed by atoms with E-state index in [4.69, 9.17) is 4.74 Å². The van der Waals surface area contributed by atoms with Crippen molar-refractivity contribution in [1.29, 1.82) is 0 Å². The maximum absolute atomic E-state index is 14.5. The van der Waals surface area contributed by atoms with E-state index in [0.717, 1.165) is 31.2 Å². The minimum atomic E-state index is -0.360. The van der Waals surface area contributed by atoms with Crippen LogP contribution in [0, 0.1) is 11.7 Å².